The number of carbonyl (C=O) groups excluding carboxylic acids is 1. The summed E-state index contributed by atoms with van der Waals surface area (Å²) in [5, 5.41) is 9.20. The number of unbranched alkanes of at least 4 members (excludes halogenated alkanes) is 1. The van der Waals surface area contributed by atoms with E-state index >= 15 is 0 Å². The summed E-state index contributed by atoms with van der Waals surface area (Å²) in [6.45, 7) is 2.71. The maximum atomic E-state index is 11.0. The van der Waals surface area contributed by atoms with Crippen molar-refractivity contribution in [1.82, 2.24) is 4.90 Å². The van der Waals surface area contributed by atoms with Gasteiger partial charge in [0.05, 0.1) is 0 Å². The van der Waals surface area contributed by atoms with Gasteiger partial charge < -0.3 is 10.0 Å². The highest BCUT2D eigenvalue weighted by atomic mass is 16.3. The summed E-state index contributed by atoms with van der Waals surface area (Å²) in [4.78, 5) is 12.4. The lowest BCUT2D eigenvalue weighted by atomic mass is 10.3. The highest BCUT2D eigenvalue weighted by Crippen LogP contribution is 2.09. The van der Waals surface area contributed by atoms with Gasteiger partial charge in [-0.25, -0.2) is 0 Å². The number of rotatable bonds is 3. The first-order chi connectivity index (χ1) is 5.25. The standard InChI is InChI=1S/C8H13NO2/c1-2-3-6-9-7(10)4-5-8(9)11/h4-5,7,10H,2-3,6H2,1H3. The minimum Gasteiger partial charge on any atom is -0.370 e. The minimum absolute atomic E-state index is 0.0778. The molecule has 1 unspecified atom stereocenters. The van der Waals surface area contributed by atoms with E-state index in [4.69, 9.17) is 0 Å². The third-order valence-electron chi connectivity index (χ3n) is 1.77. The molecular formula is C8H13NO2. The van der Waals surface area contributed by atoms with Gasteiger partial charge in [-0.3, -0.25) is 4.79 Å². The van der Waals surface area contributed by atoms with Crippen molar-refractivity contribution in [3.05, 3.63) is 12.2 Å². The highest BCUT2D eigenvalue weighted by Gasteiger charge is 2.22. The second kappa shape index (κ2) is 3.53. The van der Waals surface area contributed by atoms with Crippen LogP contribution in [0.25, 0.3) is 0 Å². The molecule has 0 aromatic rings. The van der Waals surface area contributed by atoms with Gasteiger partial charge in [0, 0.05) is 12.6 Å². The summed E-state index contributed by atoms with van der Waals surface area (Å²) in [6, 6.07) is 0. The normalized spacial score (nSPS) is 23.3. The van der Waals surface area contributed by atoms with Crippen LogP contribution in [0.15, 0.2) is 12.2 Å². The predicted molar refractivity (Wildman–Crippen MR) is 41.8 cm³/mol. The second-order valence-corrected chi connectivity index (χ2v) is 2.66. The van der Waals surface area contributed by atoms with Crippen molar-refractivity contribution in [2.45, 2.75) is 26.0 Å². The lowest BCUT2D eigenvalue weighted by molar-refractivity contribution is -0.130. The molecule has 1 aliphatic heterocycles. The molecule has 0 aromatic carbocycles. The number of hydrogen-bond acceptors (Lipinski definition) is 2. The van der Waals surface area contributed by atoms with E-state index in [1.807, 2.05) is 0 Å². The summed E-state index contributed by atoms with van der Waals surface area (Å²) in [5.41, 5.74) is 0. The van der Waals surface area contributed by atoms with Gasteiger partial charge in [0.2, 0.25) is 5.91 Å². The predicted octanol–water partition coefficient (Wildman–Crippen LogP) is 0.503. The SMILES string of the molecule is CCCCN1C(=O)C=CC1O. The van der Waals surface area contributed by atoms with Crippen molar-refractivity contribution >= 4 is 5.91 Å². The number of amides is 1. The van der Waals surface area contributed by atoms with Gasteiger partial charge in [-0.15, -0.1) is 0 Å². The minimum atomic E-state index is -0.686. The molecule has 0 aromatic heterocycles. The Hall–Kier alpha value is -0.830. The van der Waals surface area contributed by atoms with Crippen LogP contribution in [0.2, 0.25) is 0 Å². The van der Waals surface area contributed by atoms with Crippen molar-refractivity contribution in [1.29, 1.82) is 0 Å². The van der Waals surface area contributed by atoms with Crippen LogP contribution in [0.3, 0.4) is 0 Å². The first-order valence-corrected chi connectivity index (χ1v) is 3.92. The lowest BCUT2D eigenvalue weighted by Crippen LogP contribution is -2.34. The molecule has 0 saturated carbocycles. The zero-order chi connectivity index (χ0) is 8.27. The van der Waals surface area contributed by atoms with Gasteiger partial charge in [0.15, 0.2) is 0 Å². The molecule has 1 rings (SSSR count). The molecule has 0 bridgehead atoms. The van der Waals surface area contributed by atoms with Crippen molar-refractivity contribution in [2.24, 2.45) is 0 Å². The maximum absolute atomic E-state index is 11.0. The van der Waals surface area contributed by atoms with Crippen LogP contribution >= 0.6 is 0 Å². The molecule has 0 aliphatic carbocycles. The first-order valence-electron chi connectivity index (χ1n) is 3.92. The summed E-state index contributed by atoms with van der Waals surface area (Å²) in [6.07, 6.45) is 4.23. The molecular weight excluding hydrogens is 142 g/mol. The van der Waals surface area contributed by atoms with E-state index in [9.17, 15) is 9.90 Å². The van der Waals surface area contributed by atoms with Crippen LogP contribution in [-0.2, 0) is 4.79 Å². The number of nitrogens with zero attached hydrogens (tertiary/aromatic N) is 1. The summed E-state index contributed by atoms with van der Waals surface area (Å²) in [7, 11) is 0. The third-order valence-corrected chi connectivity index (χ3v) is 1.77. The van der Waals surface area contributed by atoms with Gasteiger partial charge >= 0.3 is 0 Å². The smallest absolute Gasteiger partial charge is 0.248 e. The number of aliphatic hydroxyl groups excluding tert-OH is 1. The van der Waals surface area contributed by atoms with Gasteiger partial charge in [0.1, 0.15) is 6.23 Å². The number of carbonyl (C=O) groups is 1. The zero-order valence-corrected chi connectivity index (χ0v) is 6.66. The molecule has 1 N–H and O–H groups in total. The lowest BCUT2D eigenvalue weighted by Gasteiger charge is -2.19. The van der Waals surface area contributed by atoms with E-state index in [1.54, 1.807) is 0 Å². The molecule has 3 heteroatoms. The zero-order valence-electron chi connectivity index (χ0n) is 6.66. The van der Waals surface area contributed by atoms with Crippen LogP contribution in [0.5, 0.6) is 0 Å². The Bertz CT molecular complexity index is 177. The molecule has 62 valence electrons. The van der Waals surface area contributed by atoms with Crippen LogP contribution in [0.1, 0.15) is 19.8 Å². The number of aliphatic hydroxyl groups is 1. The summed E-state index contributed by atoms with van der Waals surface area (Å²) < 4.78 is 0. The molecule has 0 fully saturated rings. The second-order valence-electron chi connectivity index (χ2n) is 2.66. The van der Waals surface area contributed by atoms with Crippen LogP contribution in [0.4, 0.5) is 0 Å². The molecule has 1 amide bonds. The van der Waals surface area contributed by atoms with E-state index in [2.05, 4.69) is 6.92 Å². The van der Waals surface area contributed by atoms with Crippen molar-refractivity contribution < 1.29 is 9.90 Å². The largest absolute Gasteiger partial charge is 0.370 e. The molecule has 1 heterocycles. The highest BCUT2D eigenvalue weighted by molar-refractivity contribution is 5.90. The average Bonchev–Trinajstić information content (AvgIpc) is 2.29. The monoisotopic (exact) mass is 155 g/mol. The van der Waals surface area contributed by atoms with Crippen LogP contribution in [-0.4, -0.2) is 28.7 Å². The molecule has 3 nitrogen and oxygen atoms in total. The van der Waals surface area contributed by atoms with Crippen molar-refractivity contribution in [2.75, 3.05) is 6.54 Å². The first kappa shape index (κ1) is 8.27. The van der Waals surface area contributed by atoms with Gasteiger partial charge in [-0.2, -0.15) is 0 Å². The summed E-state index contributed by atoms with van der Waals surface area (Å²) in [5.74, 6) is -0.0778. The molecule has 0 saturated heterocycles. The van der Waals surface area contributed by atoms with Crippen LogP contribution < -0.4 is 0 Å². The van der Waals surface area contributed by atoms with E-state index in [-0.39, 0.29) is 5.91 Å². The third kappa shape index (κ3) is 1.80. The molecule has 0 spiro atoms. The molecule has 1 atom stereocenters. The average molecular weight is 155 g/mol. The van der Waals surface area contributed by atoms with Crippen molar-refractivity contribution in [3.8, 4) is 0 Å². The maximum Gasteiger partial charge on any atom is 0.248 e. The Morgan fingerprint density at radius 2 is 2.45 bits per heavy atom. The molecule has 1 aliphatic rings. The topological polar surface area (TPSA) is 40.5 Å². The fourth-order valence-corrected chi connectivity index (χ4v) is 1.07. The Kier molecular flexibility index (Phi) is 2.65. The number of hydrogen-bond donors (Lipinski definition) is 1. The van der Waals surface area contributed by atoms with Gasteiger partial charge in [-0.1, -0.05) is 13.3 Å². The molecule has 0 radical (unpaired) electrons. The van der Waals surface area contributed by atoms with E-state index in [1.165, 1.54) is 17.1 Å². The quantitative estimate of drug-likeness (QED) is 0.644. The van der Waals surface area contributed by atoms with E-state index in [0.29, 0.717) is 6.54 Å². The van der Waals surface area contributed by atoms with Gasteiger partial charge in [0.25, 0.3) is 0 Å². The van der Waals surface area contributed by atoms with Crippen LogP contribution in [0, 0.1) is 0 Å². The Balaban J connectivity index is 2.39. The van der Waals surface area contributed by atoms with Gasteiger partial charge in [-0.05, 0) is 12.5 Å². The molecule has 11 heavy (non-hydrogen) atoms. The Labute approximate surface area is 66.3 Å². The Morgan fingerprint density at radius 1 is 1.73 bits per heavy atom. The Morgan fingerprint density at radius 3 is 2.91 bits per heavy atom. The van der Waals surface area contributed by atoms with E-state index in [0.717, 1.165) is 12.8 Å². The fraction of sp³-hybridized carbons (Fsp3) is 0.625. The summed E-state index contributed by atoms with van der Waals surface area (Å²) >= 11 is 0. The van der Waals surface area contributed by atoms with E-state index < -0.39 is 6.23 Å². The fourth-order valence-electron chi connectivity index (χ4n) is 1.07. The van der Waals surface area contributed by atoms with Crippen molar-refractivity contribution in [3.63, 3.8) is 0 Å².